The van der Waals surface area contributed by atoms with Crippen LogP contribution < -0.4 is 5.32 Å². The molecule has 1 aromatic heterocycles. The minimum absolute atomic E-state index is 0.0824. The van der Waals surface area contributed by atoms with Crippen LogP contribution >= 0.6 is 22.9 Å². The maximum absolute atomic E-state index is 11.6. The molecule has 1 aromatic rings. The first-order chi connectivity index (χ1) is 7.95. The molecule has 1 rings (SSSR count). The largest absolute Gasteiger partial charge is 0.468 e. The van der Waals surface area contributed by atoms with Crippen LogP contribution in [0.1, 0.15) is 31.7 Å². The average molecular weight is 276 g/mol. The number of thiophene rings is 1. The van der Waals surface area contributed by atoms with E-state index in [0.717, 1.165) is 9.21 Å². The molecule has 3 nitrogen and oxygen atoms in total. The van der Waals surface area contributed by atoms with E-state index in [1.807, 2.05) is 32.9 Å². The van der Waals surface area contributed by atoms with Gasteiger partial charge in [-0.2, -0.15) is 0 Å². The lowest BCUT2D eigenvalue weighted by atomic mass is 10.0. The monoisotopic (exact) mass is 275 g/mol. The summed E-state index contributed by atoms with van der Waals surface area (Å²) in [6.07, 6.45) is 0. The topological polar surface area (TPSA) is 38.3 Å². The fourth-order valence-corrected chi connectivity index (χ4v) is 2.64. The van der Waals surface area contributed by atoms with Gasteiger partial charge in [-0.3, -0.25) is 10.1 Å². The van der Waals surface area contributed by atoms with E-state index in [9.17, 15) is 4.79 Å². The molecule has 1 N–H and O–H groups in total. The van der Waals surface area contributed by atoms with Crippen LogP contribution in [0.25, 0.3) is 0 Å². The summed E-state index contributed by atoms with van der Waals surface area (Å²) in [4.78, 5) is 12.7. The van der Waals surface area contributed by atoms with Crippen LogP contribution in [-0.4, -0.2) is 19.1 Å². The maximum atomic E-state index is 11.6. The predicted octanol–water partition coefficient (Wildman–Crippen LogP) is 3.25. The van der Waals surface area contributed by atoms with Gasteiger partial charge in [0.1, 0.15) is 6.04 Å². The Bertz CT molecular complexity index is 378. The fourth-order valence-electron chi connectivity index (χ4n) is 1.57. The van der Waals surface area contributed by atoms with Crippen molar-refractivity contribution < 1.29 is 9.53 Å². The molecule has 5 heteroatoms. The lowest BCUT2D eigenvalue weighted by Crippen LogP contribution is -2.42. The van der Waals surface area contributed by atoms with Crippen LogP contribution in [0.3, 0.4) is 0 Å². The summed E-state index contributed by atoms with van der Waals surface area (Å²) in [5.74, 6) is -0.0464. The van der Waals surface area contributed by atoms with Gasteiger partial charge in [-0.15, -0.1) is 11.3 Å². The molecule has 0 aliphatic rings. The lowest BCUT2D eigenvalue weighted by molar-refractivity contribution is -0.144. The van der Waals surface area contributed by atoms with Gasteiger partial charge in [0.15, 0.2) is 0 Å². The van der Waals surface area contributed by atoms with E-state index in [-0.39, 0.29) is 24.0 Å². The van der Waals surface area contributed by atoms with E-state index in [1.54, 1.807) is 0 Å². The Hall–Kier alpha value is -0.580. The van der Waals surface area contributed by atoms with E-state index < -0.39 is 0 Å². The molecule has 0 saturated heterocycles. The highest BCUT2D eigenvalue weighted by Crippen LogP contribution is 2.27. The van der Waals surface area contributed by atoms with E-state index in [4.69, 9.17) is 16.3 Å². The number of halogens is 1. The molecule has 96 valence electrons. The number of hydrogen-bond acceptors (Lipinski definition) is 4. The molecular formula is C12H18ClNO2S. The van der Waals surface area contributed by atoms with E-state index in [2.05, 4.69) is 5.32 Å². The molecule has 0 amide bonds. The van der Waals surface area contributed by atoms with Gasteiger partial charge in [-0.1, -0.05) is 25.4 Å². The van der Waals surface area contributed by atoms with Crippen molar-refractivity contribution in [1.82, 2.24) is 5.32 Å². The molecule has 0 spiro atoms. The smallest absolute Gasteiger partial charge is 0.323 e. The zero-order valence-corrected chi connectivity index (χ0v) is 12.1. The number of rotatable bonds is 5. The highest BCUT2D eigenvalue weighted by molar-refractivity contribution is 7.16. The van der Waals surface area contributed by atoms with Crippen molar-refractivity contribution in [3.8, 4) is 0 Å². The van der Waals surface area contributed by atoms with Crippen LogP contribution in [0.2, 0.25) is 4.34 Å². The molecule has 1 heterocycles. The normalized spacial score (nSPS) is 14.7. The average Bonchev–Trinajstić information content (AvgIpc) is 2.71. The summed E-state index contributed by atoms with van der Waals surface area (Å²) in [6.45, 7) is 5.99. The SMILES string of the molecule is COC(=O)[C@@H](NC(C)c1ccc(Cl)s1)C(C)C. The fraction of sp³-hybridized carbons (Fsp3) is 0.583. The standard InChI is InChI=1S/C12H18ClNO2S/c1-7(2)11(12(15)16-4)14-8(3)9-5-6-10(13)17-9/h5-8,11,14H,1-4H3/t8?,11-/m0/s1. The molecule has 1 unspecified atom stereocenters. The molecule has 0 saturated carbocycles. The highest BCUT2D eigenvalue weighted by Gasteiger charge is 2.25. The van der Waals surface area contributed by atoms with Gasteiger partial charge in [0, 0.05) is 10.9 Å². The van der Waals surface area contributed by atoms with Crippen molar-refractivity contribution in [1.29, 1.82) is 0 Å². The summed E-state index contributed by atoms with van der Waals surface area (Å²) in [6, 6.07) is 3.62. The van der Waals surface area contributed by atoms with Crippen LogP contribution in [-0.2, 0) is 9.53 Å². The maximum Gasteiger partial charge on any atom is 0.323 e. The third kappa shape index (κ3) is 3.98. The Morgan fingerprint density at radius 2 is 2.06 bits per heavy atom. The zero-order chi connectivity index (χ0) is 13.0. The van der Waals surface area contributed by atoms with Gasteiger partial charge >= 0.3 is 5.97 Å². The second-order valence-corrected chi connectivity index (χ2v) is 6.02. The number of hydrogen-bond donors (Lipinski definition) is 1. The number of carbonyl (C=O) groups is 1. The molecular weight excluding hydrogens is 258 g/mol. The second kappa shape index (κ2) is 6.38. The summed E-state index contributed by atoms with van der Waals surface area (Å²) < 4.78 is 5.55. The Balaban J connectivity index is 2.70. The first-order valence-electron chi connectivity index (χ1n) is 5.54. The predicted molar refractivity (Wildman–Crippen MR) is 71.5 cm³/mol. The molecule has 0 radical (unpaired) electrons. The Morgan fingerprint density at radius 1 is 1.41 bits per heavy atom. The van der Waals surface area contributed by atoms with E-state index in [1.165, 1.54) is 18.4 Å². The zero-order valence-electron chi connectivity index (χ0n) is 10.5. The van der Waals surface area contributed by atoms with Crippen molar-refractivity contribution in [2.24, 2.45) is 5.92 Å². The van der Waals surface area contributed by atoms with Crippen molar-refractivity contribution in [3.63, 3.8) is 0 Å². The number of ether oxygens (including phenoxy) is 1. The molecule has 2 atom stereocenters. The number of nitrogens with one attached hydrogen (secondary N) is 1. The van der Waals surface area contributed by atoms with Gasteiger partial charge in [0.25, 0.3) is 0 Å². The Kier molecular flexibility index (Phi) is 5.43. The van der Waals surface area contributed by atoms with Crippen molar-refractivity contribution in [2.45, 2.75) is 32.9 Å². The number of carbonyl (C=O) groups excluding carboxylic acids is 1. The van der Waals surface area contributed by atoms with Gasteiger partial charge < -0.3 is 4.74 Å². The molecule has 17 heavy (non-hydrogen) atoms. The Labute approximate surface area is 111 Å². The summed E-state index contributed by atoms with van der Waals surface area (Å²) in [5, 5.41) is 3.27. The molecule has 0 fully saturated rings. The van der Waals surface area contributed by atoms with Crippen LogP contribution in [0.15, 0.2) is 12.1 Å². The van der Waals surface area contributed by atoms with Crippen LogP contribution in [0.4, 0.5) is 0 Å². The molecule has 0 aromatic carbocycles. The van der Waals surface area contributed by atoms with Crippen molar-refractivity contribution in [3.05, 3.63) is 21.3 Å². The van der Waals surface area contributed by atoms with Crippen molar-refractivity contribution >= 4 is 28.9 Å². The summed E-state index contributed by atoms with van der Waals surface area (Å²) >= 11 is 7.41. The quantitative estimate of drug-likeness (QED) is 0.839. The second-order valence-electron chi connectivity index (χ2n) is 4.28. The first-order valence-corrected chi connectivity index (χ1v) is 6.74. The number of methoxy groups -OCH3 is 1. The molecule has 0 aliphatic carbocycles. The van der Waals surface area contributed by atoms with Gasteiger partial charge in [-0.25, -0.2) is 0 Å². The minimum atomic E-state index is -0.295. The van der Waals surface area contributed by atoms with Gasteiger partial charge in [-0.05, 0) is 25.0 Å². The lowest BCUT2D eigenvalue weighted by Gasteiger charge is -2.23. The van der Waals surface area contributed by atoms with E-state index in [0.29, 0.717) is 0 Å². The third-order valence-electron chi connectivity index (χ3n) is 2.57. The Morgan fingerprint density at radius 3 is 2.47 bits per heavy atom. The van der Waals surface area contributed by atoms with Gasteiger partial charge in [0.05, 0.1) is 11.4 Å². The minimum Gasteiger partial charge on any atom is -0.468 e. The van der Waals surface area contributed by atoms with Gasteiger partial charge in [0.2, 0.25) is 0 Å². The summed E-state index contributed by atoms with van der Waals surface area (Å²) in [7, 11) is 1.41. The van der Waals surface area contributed by atoms with Crippen LogP contribution in [0.5, 0.6) is 0 Å². The third-order valence-corrected chi connectivity index (χ3v) is 3.99. The first kappa shape index (κ1) is 14.5. The summed E-state index contributed by atoms with van der Waals surface area (Å²) in [5.41, 5.74) is 0. The molecule has 0 aliphatic heterocycles. The number of esters is 1. The van der Waals surface area contributed by atoms with E-state index >= 15 is 0 Å². The van der Waals surface area contributed by atoms with Crippen molar-refractivity contribution in [2.75, 3.05) is 7.11 Å². The van der Waals surface area contributed by atoms with Crippen LogP contribution in [0, 0.1) is 5.92 Å². The highest BCUT2D eigenvalue weighted by atomic mass is 35.5. The molecule has 0 bridgehead atoms.